The Morgan fingerprint density at radius 3 is 2.47 bits per heavy atom. The predicted octanol–water partition coefficient (Wildman–Crippen LogP) is 2.31. The highest BCUT2D eigenvalue weighted by Gasteiger charge is 2.28. The number of carboxylic acids is 1. The zero-order chi connectivity index (χ0) is 13.8. The summed E-state index contributed by atoms with van der Waals surface area (Å²) in [5.41, 5.74) is 1.36. The second-order valence-electron chi connectivity index (χ2n) is 4.89. The SMILES string of the molecule is CC(NC(=O)c1ccc(/C=C/C(=O)O)cc1)C1CC1. The molecular formula is C15H17NO3. The van der Waals surface area contributed by atoms with Crippen molar-refractivity contribution < 1.29 is 14.7 Å². The Morgan fingerprint density at radius 2 is 1.95 bits per heavy atom. The minimum Gasteiger partial charge on any atom is -0.478 e. The summed E-state index contributed by atoms with van der Waals surface area (Å²) in [7, 11) is 0. The number of aliphatic carboxylic acids is 1. The molecule has 1 aromatic rings. The van der Waals surface area contributed by atoms with Gasteiger partial charge in [-0.05, 0) is 49.5 Å². The van der Waals surface area contributed by atoms with E-state index >= 15 is 0 Å². The molecule has 19 heavy (non-hydrogen) atoms. The molecule has 100 valence electrons. The van der Waals surface area contributed by atoms with E-state index in [9.17, 15) is 9.59 Å². The van der Waals surface area contributed by atoms with Gasteiger partial charge in [0.2, 0.25) is 0 Å². The molecule has 0 radical (unpaired) electrons. The Labute approximate surface area is 112 Å². The molecule has 2 N–H and O–H groups in total. The van der Waals surface area contributed by atoms with E-state index in [0.29, 0.717) is 11.5 Å². The molecule has 0 bridgehead atoms. The molecule has 4 nitrogen and oxygen atoms in total. The van der Waals surface area contributed by atoms with Crippen LogP contribution in [0, 0.1) is 5.92 Å². The fraction of sp³-hybridized carbons (Fsp3) is 0.333. The van der Waals surface area contributed by atoms with E-state index in [4.69, 9.17) is 5.11 Å². The van der Waals surface area contributed by atoms with Gasteiger partial charge < -0.3 is 10.4 Å². The molecule has 1 saturated carbocycles. The summed E-state index contributed by atoms with van der Waals surface area (Å²) >= 11 is 0. The number of carboxylic acid groups (broad SMARTS) is 1. The molecule has 4 heteroatoms. The number of amides is 1. The van der Waals surface area contributed by atoms with Crippen LogP contribution in [0.3, 0.4) is 0 Å². The van der Waals surface area contributed by atoms with E-state index in [1.54, 1.807) is 24.3 Å². The maximum Gasteiger partial charge on any atom is 0.328 e. The van der Waals surface area contributed by atoms with Gasteiger partial charge in [-0.15, -0.1) is 0 Å². The first-order chi connectivity index (χ1) is 9.06. The lowest BCUT2D eigenvalue weighted by atomic mass is 10.1. The lowest BCUT2D eigenvalue weighted by molar-refractivity contribution is -0.131. The van der Waals surface area contributed by atoms with E-state index < -0.39 is 5.97 Å². The maximum atomic E-state index is 11.9. The van der Waals surface area contributed by atoms with Crippen LogP contribution in [0.4, 0.5) is 0 Å². The summed E-state index contributed by atoms with van der Waals surface area (Å²) in [6.07, 6.45) is 4.96. The van der Waals surface area contributed by atoms with E-state index in [2.05, 4.69) is 5.32 Å². The van der Waals surface area contributed by atoms with Crippen molar-refractivity contribution in [1.82, 2.24) is 5.32 Å². The van der Waals surface area contributed by atoms with Crippen molar-refractivity contribution in [1.29, 1.82) is 0 Å². The minimum absolute atomic E-state index is 0.0758. The summed E-state index contributed by atoms with van der Waals surface area (Å²) in [5, 5.41) is 11.5. The first-order valence-corrected chi connectivity index (χ1v) is 6.38. The second kappa shape index (κ2) is 5.69. The highest BCUT2D eigenvalue weighted by Crippen LogP contribution is 2.32. The molecule has 2 rings (SSSR count). The number of rotatable bonds is 5. The number of benzene rings is 1. The van der Waals surface area contributed by atoms with Crippen LogP contribution in [0.1, 0.15) is 35.7 Å². The molecule has 0 saturated heterocycles. The van der Waals surface area contributed by atoms with Crippen molar-refractivity contribution in [2.45, 2.75) is 25.8 Å². The molecule has 1 unspecified atom stereocenters. The smallest absolute Gasteiger partial charge is 0.328 e. The molecule has 1 aliphatic rings. The maximum absolute atomic E-state index is 11.9. The summed E-state index contributed by atoms with van der Waals surface area (Å²) in [4.78, 5) is 22.3. The predicted molar refractivity (Wildman–Crippen MR) is 72.8 cm³/mol. The number of carbonyl (C=O) groups excluding carboxylic acids is 1. The first-order valence-electron chi connectivity index (χ1n) is 6.38. The van der Waals surface area contributed by atoms with E-state index in [1.807, 2.05) is 6.92 Å². The summed E-state index contributed by atoms with van der Waals surface area (Å²) in [6, 6.07) is 7.10. The van der Waals surface area contributed by atoms with Crippen LogP contribution in [0.5, 0.6) is 0 Å². The third-order valence-corrected chi connectivity index (χ3v) is 3.28. The summed E-state index contributed by atoms with van der Waals surface area (Å²) in [6.45, 7) is 2.03. The lowest BCUT2D eigenvalue weighted by Gasteiger charge is -2.12. The normalized spacial score (nSPS) is 16.3. The molecule has 0 aromatic heterocycles. The van der Waals surface area contributed by atoms with Gasteiger partial charge in [0, 0.05) is 17.7 Å². The quantitative estimate of drug-likeness (QED) is 0.797. The highest BCUT2D eigenvalue weighted by atomic mass is 16.4. The van der Waals surface area contributed by atoms with Crippen molar-refractivity contribution in [3.63, 3.8) is 0 Å². The number of hydrogen-bond acceptors (Lipinski definition) is 2. The lowest BCUT2D eigenvalue weighted by Crippen LogP contribution is -2.33. The Kier molecular flexibility index (Phi) is 4.00. The monoisotopic (exact) mass is 259 g/mol. The Morgan fingerprint density at radius 1 is 1.32 bits per heavy atom. The van der Waals surface area contributed by atoms with Crippen LogP contribution in [-0.4, -0.2) is 23.0 Å². The molecule has 1 atom stereocenters. The molecule has 1 amide bonds. The average molecular weight is 259 g/mol. The van der Waals surface area contributed by atoms with Crippen LogP contribution < -0.4 is 5.32 Å². The zero-order valence-electron chi connectivity index (χ0n) is 10.8. The number of nitrogens with one attached hydrogen (secondary N) is 1. The fourth-order valence-electron chi connectivity index (χ4n) is 1.92. The van der Waals surface area contributed by atoms with Crippen LogP contribution in [0.25, 0.3) is 6.08 Å². The van der Waals surface area contributed by atoms with Crippen molar-refractivity contribution in [2.24, 2.45) is 5.92 Å². The molecule has 0 spiro atoms. The van der Waals surface area contributed by atoms with Gasteiger partial charge in [0.1, 0.15) is 0 Å². The van der Waals surface area contributed by atoms with Crippen LogP contribution in [-0.2, 0) is 4.79 Å². The van der Waals surface area contributed by atoms with Crippen molar-refractivity contribution in [3.8, 4) is 0 Å². The summed E-state index contributed by atoms with van der Waals surface area (Å²) < 4.78 is 0. The minimum atomic E-state index is -0.986. The Bertz CT molecular complexity index is 501. The van der Waals surface area contributed by atoms with Gasteiger partial charge in [-0.2, -0.15) is 0 Å². The molecule has 1 aliphatic carbocycles. The molecular weight excluding hydrogens is 242 g/mol. The third-order valence-electron chi connectivity index (χ3n) is 3.28. The van der Waals surface area contributed by atoms with E-state index in [1.165, 1.54) is 18.9 Å². The van der Waals surface area contributed by atoms with Gasteiger partial charge >= 0.3 is 5.97 Å². The third kappa shape index (κ3) is 3.95. The largest absolute Gasteiger partial charge is 0.478 e. The Balaban J connectivity index is 1.97. The van der Waals surface area contributed by atoms with Crippen molar-refractivity contribution in [3.05, 3.63) is 41.5 Å². The van der Waals surface area contributed by atoms with Crippen LogP contribution >= 0.6 is 0 Å². The average Bonchev–Trinajstić information content (AvgIpc) is 3.21. The van der Waals surface area contributed by atoms with Gasteiger partial charge in [0.15, 0.2) is 0 Å². The van der Waals surface area contributed by atoms with Gasteiger partial charge in [-0.25, -0.2) is 4.79 Å². The first kappa shape index (κ1) is 13.3. The Hall–Kier alpha value is -2.10. The zero-order valence-corrected chi connectivity index (χ0v) is 10.8. The van der Waals surface area contributed by atoms with Gasteiger partial charge in [-0.3, -0.25) is 4.79 Å². The van der Waals surface area contributed by atoms with Gasteiger partial charge in [-0.1, -0.05) is 12.1 Å². The number of carbonyl (C=O) groups is 2. The standard InChI is InChI=1S/C15H17NO3/c1-10(12-7-8-12)16-15(19)13-5-2-11(3-6-13)4-9-14(17)18/h2-6,9-10,12H,7-8H2,1H3,(H,16,19)(H,17,18)/b9-4+. The molecule has 1 fully saturated rings. The second-order valence-corrected chi connectivity index (χ2v) is 4.89. The van der Waals surface area contributed by atoms with Crippen molar-refractivity contribution in [2.75, 3.05) is 0 Å². The van der Waals surface area contributed by atoms with Gasteiger partial charge in [0.25, 0.3) is 5.91 Å². The molecule has 0 heterocycles. The molecule has 0 aliphatic heterocycles. The highest BCUT2D eigenvalue weighted by molar-refractivity contribution is 5.94. The van der Waals surface area contributed by atoms with Crippen molar-refractivity contribution >= 4 is 18.0 Å². The molecule has 1 aromatic carbocycles. The van der Waals surface area contributed by atoms with E-state index in [0.717, 1.165) is 11.6 Å². The number of hydrogen-bond donors (Lipinski definition) is 2. The van der Waals surface area contributed by atoms with Gasteiger partial charge in [0.05, 0.1) is 0 Å². The topological polar surface area (TPSA) is 66.4 Å². The fourth-order valence-corrected chi connectivity index (χ4v) is 1.92. The van der Waals surface area contributed by atoms with Crippen LogP contribution in [0.15, 0.2) is 30.3 Å². The summed E-state index contributed by atoms with van der Waals surface area (Å²) in [5.74, 6) is -0.435. The van der Waals surface area contributed by atoms with E-state index in [-0.39, 0.29) is 11.9 Å². The van der Waals surface area contributed by atoms with Crippen LogP contribution in [0.2, 0.25) is 0 Å².